The van der Waals surface area contributed by atoms with E-state index in [1.54, 1.807) is 6.07 Å². The Labute approximate surface area is 105 Å². The van der Waals surface area contributed by atoms with Gasteiger partial charge in [-0.05, 0) is 18.9 Å². The van der Waals surface area contributed by atoms with Crippen molar-refractivity contribution in [1.29, 1.82) is 0 Å². The van der Waals surface area contributed by atoms with Gasteiger partial charge in [-0.3, -0.25) is 0 Å². The zero-order valence-electron chi connectivity index (χ0n) is 10.3. The van der Waals surface area contributed by atoms with E-state index in [2.05, 4.69) is 15.4 Å². The first-order valence-electron chi connectivity index (χ1n) is 5.84. The second-order valence-electron chi connectivity index (χ2n) is 4.27. The molecule has 0 amide bonds. The molecular formula is C11H17N5O2. The number of rotatable bonds is 4. The van der Waals surface area contributed by atoms with Gasteiger partial charge in [-0.1, -0.05) is 5.16 Å². The van der Waals surface area contributed by atoms with Crippen LogP contribution in [0.1, 0.15) is 18.4 Å². The molecule has 7 heteroatoms. The first kappa shape index (κ1) is 12.6. The predicted molar refractivity (Wildman–Crippen MR) is 66.8 cm³/mol. The van der Waals surface area contributed by atoms with Crippen LogP contribution in [0, 0.1) is 0 Å². The average Bonchev–Trinajstić information content (AvgIpc) is 2.90. The number of anilines is 1. The lowest BCUT2D eigenvalue weighted by Gasteiger charge is -2.22. The zero-order valence-corrected chi connectivity index (χ0v) is 10.3. The summed E-state index contributed by atoms with van der Waals surface area (Å²) in [5.41, 5.74) is 6.18. The third-order valence-electron chi connectivity index (χ3n) is 2.95. The van der Waals surface area contributed by atoms with E-state index in [0.717, 1.165) is 19.4 Å². The maximum absolute atomic E-state index is 8.75. The molecule has 2 heterocycles. The fourth-order valence-electron chi connectivity index (χ4n) is 2.04. The second kappa shape index (κ2) is 5.63. The lowest BCUT2D eigenvalue weighted by molar-refractivity contribution is 0.116. The number of nitrogens with two attached hydrogens (primary N) is 1. The van der Waals surface area contributed by atoms with Crippen molar-refractivity contribution in [1.82, 2.24) is 10.2 Å². The minimum absolute atomic E-state index is 0.0269. The molecule has 18 heavy (non-hydrogen) atoms. The molecule has 1 aliphatic heterocycles. The first-order chi connectivity index (χ1) is 8.72. The summed E-state index contributed by atoms with van der Waals surface area (Å²) in [6, 6.07) is 1.67. The van der Waals surface area contributed by atoms with E-state index in [1.807, 2.05) is 11.9 Å². The summed E-state index contributed by atoms with van der Waals surface area (Å²) in [5.74, 6) is 0.613. The summed E-state index contributed by atoms with van der Waals surface area (Å²) in [5, 5.41) is 19.6. The fraction of sp³-hybridized carbons (Fsp3) is 0.545. The molecule has 1 unspecified atom stereocenters. The molecule has 1 aliphatic rings. The van der Waals surface area contributed by atoms with Crippen molar-refractivity contribution < 1.29 is 9.94 Å². The summed E-state index contributed by atoms with van der Waals surface area (Å²) in [6.45, 7) is 1.52. The largest absolute Gasteiger partial charge is 0.409 e. The van der Waals surface area contributed by atoms with Crippen LogP contribution in [-0.4, -0.2) is 47.5 Å². The highest BCUT2D eigenvalue weighted by atomic mass is 16.5. The van der Waals surface area contributed by atoms with Gasteiger partial charge >= 0.3 is 0 Å². The lowest BCUT2D eigenvalue weighted by Crippen LogP contribution is -2.31. The number of ether oxygens (including phenoxy) is 1. The lowest BCUT2D eigenvalue weighted by atomic mass is 10.2. The van der Waals surface area contributed by atoms with E-state index in [1.165, 1.54) is 6.20 Å². The highest BCUT2D eigenvalue weighted by molar-refractivity contribution is 6.01. The second-order valence-corrected chi connectivity index (χ2v) is 4.27. The van der Waals surface area contributed by atoms with Crippen LogP contribution < -0.4 is 10.6 Å². The molecule has 1 fully saturated rings. The van der Waals surface area contributed by atoms with Gasteiger partial charge < -0.3 is 20.6 Å². The van der Waals surface area contributed by atoms with E-state index < -0.39 is 0 Å². The number of aromatic nitrogens is 2. The summed E-state index contributed by atoms with van der Waals surface area (Å²) in [4.78, 5) is 1.91. The van der Waals surface area contributed by atoms with Gasteiger partial charge in [0.2, 0.25) is 0 Å². The van der Waals surface area contributed by atoms with Gasteiger partial charge in [0, 0.05) is 20.2 Å². The molecule has 3 N–H and O–H groups in total. The van der Waals surface area contributed by atoms with Crippen LogP contribution in [0.3, 0.4) is 0 Å². The first-order valence-corrected chi connectivity index (χ1v) is 5.84. The van der Waals surface area contributed by atoms with E-state index in [9.17, 15) is 0 Å². The van der Waals surface area contributed by atoms with Crippen LogP contribution in [0.2, 0.25) is 0 Å². The third-order valence-corrected chi connectivity index (χ3v) is 2.95. The molecule has 1 atom stereocenters. The maximum atomic E-state index is 8.75. The molecule has 0 radical (unpaired) electrons. The van der Waals surface area contributed by atoms with Crippen LogP contribution in [-0.2, 0) is 4.74 Å². The highest BCUT2D eigenvalue weighted by Gasteiger charge is 2.20. The summed E-state index contributed by atoms with van der Waals surface area (Å²) >= 11 is 0. The Bertz CT molecular complexity index is 431. The minimum atomic E-state index is 0.0269. The molecule has 0 spiro atoms. The van der Waals surface area contributed by atoms with Crippen molar-refractivity contribution in [3.8, 4) is 0 Å². The Hall–Kier alpha value is -1.89. The van der Waals surface area contributed by atoms with Crippen LogP contribution in [0.5, 0.6) is 0 Å². The Morgan fingerprint density at radius 2 is 2.56 bits per heavy atom. The van der Waals surface area contributed by atoms with Crippen molar-refractivity contribution in [3.63, 3.8) is 0 Å². The van der Waals surface area contributed by atoms with Crippen molar-refractivity contribution >= 4 is 11.7 Å². The fourth-order valence-corrected chi connectivity index (χ4v) is 2.04. The van der Waals surface area contributed by atoms with Crippen LogP contribution in [0.15, 0.2) is 17.4 Å². The predicted octanol–water partition coefficient (Wildman–Crippen LogP) is 0.186. The summed E-state index contributed by atoms with van der Waals surface area (Å²) in [7, 11) is 1.89. The Morgan fingerprint density at radius 3 is 3.22 bits per heavy atom. The minimum Gasteiger partial charge on any atom is -0.409 e. The van der Waals surface area contributed by atoms with Crippen molar-refractivity contribution in [2.24, 2.45) is 10.9 Å². The van der Waals surface area contributed by atoms with E-state index in [0.29, 0.717) is 17.9 Å². The summed E-state index contributed by atoms with van der Waals surface area (Å²) in [6.07, 6.45) is 3.85. The molecule has 0 aliphatic carbocycles. The van der Waals surface area contributed by atoms with Gasteiger partial charge in [0.25, 0.3) is 0 Å². The molecule has 1 aromatic rings. The quantitative estimate of drug-likeness (QED) is 0.343. The van der Waals surface area contributed by atoms with Crippen molar-refractivity contribution in [2.75, 3.05) is 25.1 Å². The topological polar surface area (TPSA) is 96.9 Å². The molecular weight excluding hydrogens is 234 g/mol. The highest BCUT2D eigenvalue weighted by Crippen LogP contribution is 2.18. The number of oxime groups is 1. The Kier molecular flexibility index (Phi) is 3.93. The van der Waals surface area contributed by atoms with Gasteiger partial charge in [0.15, 0.2) is 11.7 Å². The number of hydrogen-bond acceptors (Lipinski definition) is 6. The van der Waals surface area contributed by atoms with Gasteiger partial charge in [-0.2, -0.15) is 5.10 Å². The number of nitrogens with zero attached hydrogens (tertiary/aromatic N) is 4. The average molecular weight is 251 g/mol. The van der Waals surface area contributed by atoms with Gasteiger partial charge in [0.05, 0.1) is 17.9 Å². The van der Waals surface area contributed by atoms with Gasteiger partial charge in [-0.15, -0.1) is 5.10 Å². The monoisotopic (exact) mass is 251 g/mol. The molecule has 0 aromatic carbocycles. The SMILES string of the molecule is CN(CC1CCCO1)c1nnccc1/C(N)=N/O. The summed E-state index contributed by atoms with van der Waals surface area (Å²) < 4.78 is 5.57. The van der Waals surface area contributed by atoms with E-state index >= 15 is 0 Å². The molecule has 98 valence electrons. The van der Waals surface area contributed by atoms with Crippen molar-refractivity contribution in [2.45, 2.75) is 18.9 Å². The van der Waals surface area contributed by atoms with Crippen LogP contribution in [0.4, 0.5) is 5.82 Å². The maximum Gasteiger partial charge on any atom is 0.173 e. The Balaban J connectivity index is 2.16. The van der Waals surface area contributed by atoms with Crippen LogP contribution in [0.25, 0.3) is 0 Å². The van der Waals surface area contributed by atoms with Crippen molar-refractivity contribution in [3.05, 3.63) is 17.8 Å². The van der Waals surface area contributed by atoms with E-state index in [4.69, 9.17) is 15.7 Å². The van der Waals surface area contributed by atoms with Crippen LogP contribution >= 0.6 is 0 Å². The normalized spacial score (nSPS) is 20.1. The number of amidine groups is 1. The van der Waals surface area contributed by atoms with E-state index in [-0.39, 0.29) is 11.9 Å². The molecule has 0 saturated carbocycles. The standard InChI is InChI=1S/C11H17N5O2/c1-16(7-8-3-2-6-18-8)11-9(10(12)15-17)4-5-13-14-11/h4-5,8,17H,2-3,6-7H2,1H3,(H2,12,15). The smallest absolute Gasteiger partial charge is 0.173 e. The number of likely N-dealkylation sites (N-methyl/N-ethyl adjacent to an activating group) is 1. The zero-order chi connectivity index (χ0) is 13.0. The van der Waals surface area contributed by atoms with Gasteiger partial charge in [-0.25, -0.2) is 0 Å². The molecule has 1 aromatic heterocycles. The molecule has 2 rings (SSSR count). The third kappa shape index (κ3) is 2.67. The molecule has 0 bridgehead atoms. The number of hydrogen-bond donors (Lipinski definition) is 2. The van der Waals surface area contributed by atoms with Gasteiger partial charge in [0.1, 0.15) is 0 Å². The Morgan fingerprint density at radius 1 is 1.72 bits per heavy atom. The molecule has 7 nitrogen and oxygen atoms in total. The molecule has 1 saturated heterocycles.